The smallest absolute Gasteiger partial charge is 0.252 e. The third-order valence-electron chi connectivity index (χ3n) is 2.10. The van der Waals surface area contributed by atoms with Crippen LogP contribution in [0, 0.1) is 0 Å². The SMILES string of the molecule is CC=CCNC(=O)C(O)C(O)C(=O)NCC=CC. The van der Waals surface area contributed by atoms with Crippen molar-refractivity contribution in [1.29, 1.82) is 0 Å². The first-order chi connectivity index (χ1) is 8.54. The molecule has 2 amide bonds. The molecule has 2 unspecified atom stereocenters. The molecule has 18 heavy (non-hydrogen) atoms. The van der Waals surface area contributed by atoms with Crippen LogP contribution in [0.2, 0.25) is 0 Å². The Morgan fingerprint density at radius 2 is 1.28 bits per heavy atom. The number of nitrogens with one attached hydrogen (secondary N) is 2. The lowest BCUT2D eigenvalue weighted by molar-refractivity contribution is -0.145. The number of amides is 2. The van der Waals surface area contributed by atoms with Gasteiger partial charge in [0.05, 0.1) is 0 Å². The molecule has 0 aromatic rings. The summed E-state index contributed by atoms with van der Waals surface area (Å²) in [6, 6.07) is 0. The molecule has 0 aliphatic rings. The lowest BCUT2D eigenvalue weighted by Crippen LogP contribution is -2.49. The molecule has 0 fully saturated rings. The van der Waals surface area contributed by atoms with E-state index in [0.717, 1.165) is 0 Å². The van der Waals surface area contributed by atoms with Gasteiger partial charge in [-0.3, -0.25) is 9.59 Å². The summed E-state index contributed by atoms with van der Waals surface area (Å²) in [6.07, 6.45) is 3.24. The van der Waals surface area contributed by atoms with Crippen LogP contribution in [0.4, 0.5) is 0 Å². The van der Waals surface area contributed by atoms with Crippen molar-refractivity contribution in [1.82, 2.24) is 10.6 Å². The van der Waals surface area contributed by atoms with Crippen LogP contribution in [0.15, 0.2) is 24.3 Å². The van der Waals surface area contributed by atoms with Crippen molar-refractivity contribution in [3.8, 4) is 0 Å². The van der Waals surface area contributed by atoms with Crippen molar-refractivity contribution in [3.05, 3.63) is 24.3 Å². The highest BCUT2D eigenvalue weighted by Gasteiger charge is 2.29. The van der Waals surface area contributed by atoms with Crippen LogP contribution in [-0.4, -0.2) is 47.3 Å². The largest absolute Gasteiger partial charge is 0.380 e. The molecule has 2 atom stereocenters. The first-order valence-corrected chi connectivity index (χ1v) is 5.68. The van der Waals surface area contributed by atoms with Crippen LogP contribution in [0.25, 0.3) is 0 Å². The van der Waals surface area contributed by atoms with E-state index < -0.39 is 24.0 Å². The molecule has 0 radical (unpaired) electrons. The second-order valence-electron chi connectivity index (χ2n) is 3.52. The number of aliphatic hydroxyl groups excluding tert-OH is 2. The third-order valence-corrected chi connectivity index (χ3v) is 2.10. The summed E-state index contributed by atoms with van der Waals surface area (Å²) < 4.78 is 0. The van der Waals surface area contributed by atoms with Crippen molar-refractivity contribution >= 4 is 11.8 Å². The molecule has 0 aliphatic heterocycles. The Balaban J connectivity index is 4.17. The normalized spacial score (nSPS) is 14.7. The van der Waals surface area contributed by atoms with Crippen molar-refractivity contribution in [2.24, 2.45) is 0 Å². The Hall–Kier alpha value is -1.66. The predicted octanol–water partition coefficient (Wildman–Crippen LogP) is -0.907. The number of rotatable bonds is 7. The first kappa shape index (κ1) is 16.3. The van der Waals surface area contributed by atoms with E-state index in [4.69, 9.17) is 0 Å². The molecule has 0 heterocycles. The van der Waals surface area contributed by atoms with Crippen molar-refractivity contribution in [2.75, 3.05) is 13.1 Å². The van der Waals surface area contributed by atoms with Crippen molar-refractivity contribution < 1.29 is 19.8 Å². The van der Waals surface area contributed by atoms with Crippen LogP contribution in [0.3, 0.4) is 0 Å². The maximum atomic E-state index is 11.3. The molecule has 0 saturated heterocycles. The summed E-state index contributed by atoms with van der Waals surface area (Å²) in [6.45, 7) is 4.04. The van der Waals surface area contributed by atoms with Gasteiger partial charge in [0.25, 0.3) is 11.8 Å². The molecular weight excluding hydrogens is 236 g/mol. The van der Waals surface area contributed by atoms with Crippen LogP contribution >= 0.6 is 0 Å². The number of carbonyl (C=O) groups excluding carboxylic acids is 2. The molecule has 6 heteroatoms. The van der Waals surface area contributed by atoms with E-state index in [1.54, 1.807) is 38.2 Å². The quantitative estimate of drug-likeness (QED) is 0.443. The van der Waals surface area contributed by atoms with Crippen molar-refractivity contribution in [3.63, 3.8) is 0 Å². The molecule has 0 saturated carbocycles. The van der Waals surface area contributed by atoms with Crippen LogP contribution in [0.5, 0.6) is 0 Å². The zero-order chi connectivity index (χ0) is 14.0. The first-order valence-electron chi connectivity index (χ1n) is 5.68. The molecule has 0 rings (SSSR count). The number of allylic oxidation sites excluding steroid dienone is 2. The summed E-state index contributed by atoms with van der Waals surface area (Å²) in [7, 11) is 0. The van der Waals surface area contributed by atoms with E-state index in [1.165, 1.54) is 0 Å². The Bertz CT molecular complexity index is 294. The summed E-state index contributed by atoms with van der Waals surface area (Å²) in [5.74, 6) is -1.58. The molecule has 0 spiro atoms. The van der Waals surface area contributed by atoms with E-state index >= 15 is 0 Å². The maximum absolute atomic E-state index is 11.3. The molecule has 0 aromatic heterocycles. The van der Waals surface area contributed by atoms with Crippen molar-refractivity contribution in [2.45, 2.75) is 26.1 Å². The van der Waals surface area contributed by atoms with Gasteiger partial charge in [-0.05, 0) is 13.8 Å². The average molecular weight is 256 g/mol. The van der Waals surface area contributed by atoms with E-state index in [9.17, 15) is 19.8 Å². The average Bonchev–Trinajstić information content (AvgIpc) is 2.37. The van der Waals surface area contributed by atoms with Gasteiger partial charge in [-0.2, -0.15) is 0 Å². The van der Waals surface area contributed by atoms with Crippen LogP contribution in [0.1, 0.15) is 13.8 Å². The van der Waals surface area contributed by atoms with E-state index in [-0.39, 0.29) is 13.1 Å². The van der Waals surface area contributed by atoms with E-state index in [0.29, 0.717) is 0 Å². The lowest BCUT2D eigenvalue weighted by Gasteiger charge is -2.16. The Morgan fingerprint density at radius 1 is 0.944 bits per heavy atom. The van der Waals surface area contributed by atoms with E-state index in [1.807, 2.05) is 0 Å². The standard InChI is InChI=1S/C12H20N2O4/c1-3-5-7-13-11(17)9(15)10(16)12(18)14-8-6-4-2/h3-6,9-10,15-16H,7-8H2,1-2H3,(H,13,17)(H,14,18). The molecule has 0 bridgehead atoms. The topological polar surface area (TPSA) is 98.7 Å². The summed E-state index contributed by atoms with van der Waals surface area (Å²) in [4.78, 5) is 22.7. The molecule has 0 aliphatic carbocycles. The fourth-order valence-corrected chi connectivity index (χ4v) is 1.05. The Labute approximate surface area is 106 Å². The zero-order valence-electron chi connectivity index (χ0n) is 10.6. The third kappa shape index (κ3) is 6.17. The molecule has 0 aromatic carbocycles. The maximum Gasteiger partial charge on any atom is 0.252 e. The predicted molar refractivity (Wildman–Crippen MR) is 67.7 cm³/mol. The number of carbonyl (C=O) groups is 2. The molecular formula is C12H20N2O4. The highest BCUT2D eigenvalue weighted by Crippen LogP contribution is 1.94. The van der Waals surface area contributed by atoms with Gasteiger partial charge >= 0.3 is 0 Å². The second kappa shape index (κ2) is 9.38. The van der Waals surface area contributed by atoms with Gasteiger partial charge < -0.3 is 20.8 Å². The minimum absolute atomic E-state index is 0.235. The van der Waals surface area contributed by atoms with Gasteiger partial charge in [-0.1, -0.05) is 24.3 Å². The van der Waals surface area contributed by atoms with Gasteiger partial charge in [-0.15, -0.1) is 0 Å². The van der Waals surface area contributed by atoms with Gasteiger partial charge in [-0.25, -0.2) is 0 Å². The monoisotopic (exact) mass is 256 g/mol. The Kier molecular flexibility index (Phi) is 8.51. The van der Waals surface area contributed by atoms with Gasteiger partial charge in [0.2, 0.25) is 0 Å². The molecule has 4 N–H and O–H groups in total. The summed E-state index contributed by atoms with van der Waals surface area (Å²) in [5, 5.41) is 23.6. The minimum Gasteiger partial charge on any atom is -0.380 e. The van der Waals surface area contributed by atoms with Gasteiger partial charge in [0, 0.05) is 13.1 Å². The zero-order valence-corrected chi connectivity index (χ0v) is 10.6. The number of aliphatic hydroxyl groups is 2. The number of hydrogen-bond donors (Lipinski definition) is 4. The van der Waals surface area contributed by atoms with Crippen LogP contribution in [-0.2, 0) is 9.59 Å². The van der Waals surface area contributed by atoms with Gasteiger partial charge in [0.1, 0.15) is 0 Å². The fourth-order valence-electron chi connectivity index (χ4n) is 1.05. The highest BCUT2D eigenvalue weighted by molar-refractivity contribution is 5.90. The highest BCUT2D eigenvalue weighted by atomic mass is 16.3. The lowest BCUT2D eigenvalue weighted by atomic mass is 10.1. The van der Waals surface area contributed by atoms with Gasteiger partial charge in [0.15, 0.2) is 12.2 Å². The Morgan fingerprint density at radius 3 is 1.56 bits per heavy atom. The summed E-state index contributed by atoms with van der Waals surface area (Å²) >= 11 is 0. The second-order valence-corrected chi connectivity index (χ2v) is 3.52. The van der Waals surface area contributed by atoms with Crippen LogP contribution < -0.4 is 10.6 Å². The fraction of sp³-hybridized carbons (Fsp3) is 0.500. The summed E-state index contributed by atoms with van der Waals surface area (Å²) in [5.41, 5.74) is 0. The number of hydrogen-bond acceptors (Lipinski definition) is 4. The molecule has 102 valence electrons. The minimum atomic E-state index is -1.78. The van der Waals surface area contributed by atoms with E-state index in [2.05, 4.69) is 10.6 Å². The molecule has 6 nitrogen and oxygen atoms in total.